The maximum Gasteiger partial charge on any atom is 0.138 e. The Kier molecular flexibility index (Phi) is 21.9. The number of aromatic nitrogens is 4. The summed E-state index contributed by atoms with van der Waals surface area (Å²) in [6.07, 6.45) is 1.88. The van der Waals surface area contributed by atoms with Gasteiger partial charge in [0.1, 0.15) is 23.3 Å². The Morgan fingerprint density at radius 1 is 0.146 bits per heavy atom. The molecule has 676 valence electrons. The van der Waals surface area contributed by atoms with E-state index in [0.29, 0.717) is 0 Å². The summed E-state index contributed by atoms with van der Waals surface area (Å²) in [6, 6.07) is 201. The summed E-state index contributed by atoms with van der Waals surface area (Å²) in [6.45, 7) is 0. The third-order valence-electron chi connectivity index (χ3n) is 28.5. The average Bonchev–Trinajstić information content (AvgIpc) is 1.55. The van der Waals surface area contributed by atoms with E-state index in [4.69, 9.17) is 4.98 Å². The van der Waals surface area contributed by atoms with Crippen molar-refractivity contribution in [1.82, 2.24) is 18.7 Å². The zero-order valence-electron chi connectivity index (χ0n) is 78.8. The predicted octanol–water partition coefficient (Wildman–Crippen LogP) is 37.3. The molecular weight excluding hydrogens is 1740 g/mol. The van der Waals surface area contributed by atoms with Gasteiger partial charge in [0.05, 0.1) is 16.6 Å². The lowest BCUT2D eigenvalue weighted by molar-refractivity contribution is 1.02. The van der Waals surface area contributed by atoms with E-state index in [1.807, 2.05) is 12.3 Å². The molecule has 21 aromatic carbocycles. The van der Waals surface area contributed by atoms with E-state index in [-0.39, 0.29) is 0 Å². The molecule has 3 aliphatic rings. The first-order valence-electron chi connectivity index (χ1n) is 49.3. The van der Waals surface area contributed by atoms with Crippen molar-refractivity contribution >= 4 is 84.3 Å². The third kappa shape index (κ3) is 15.0. The summed E-state index contributed by atoms with van der Waals surface area (Å²) in [5.74, 6) is 4.15. The Hall–Kier alpha value is -19.2. The van der Waals surface area contributed by atoms with Gasteiger partial charge in [0.25, 0.3) is 0 Å². The fourth-order valence-corrected chi connectivity index (χ4v) is 22.2. The van der Waals surface area contributed by atoms with Crippen molar-refractivity contribution in [2.75, 3.05) is 14.7 Å². The van der Waals surface area contributed by atoms with Gasteiger partial charge in [0.15, 0.2) is 0 Å². The van der Waals surface area contributed by atoms with Gasteiger partial charge in [-0.2, -0.15) is 0 Å². The van der Waals surface area contributed by atoms with Crippen LogP contribution in [0.15, 0.2) is 564 Å². The molecule has 0 spiro atoms. The quantitative estimate of drug-likeness (QED) is 0.0966. The first-order valence-corrected chi connectivity index (χ1v) is 49.3. The van der Waals surface area contributed by atoms with E-state index in [2.05, 4.69) is 580 Å². The van der Waals surface area contributed by atoms with Crippen LogP contribution in [0.2, 0.25) is 0 Å². The zero-order chi connectivity index (χ0) is 95.3. The summed E-state index contributed by atoms with van der Waals surface area (Å²) in [5.41, 5.74) is 44.0. The second-order valence-electron chi connectivity index (χ2n) is 36.7. The molecule has 0 saturated carbocycles. The monoisotopic (exact) mass is 1840 g/mol. The molecule has 7 nitrogen and oxygen atoms in total. The summed E-state index contributed by atoms with van der Waals surface area (Å²) in [4.78, 5) is 12.2. The van der Waals surface area contributed by atoms with Crippen LogP contribution in [0, 0.1) is 0 Å². The number of pyridine rings is 1. The molecule has 0 amide bonds. The number of hydrogen-bond donors (Lipinski definition) is 0. The molecule has 28 rings (SSSR count). The predicted molar refractivity (Wildman–Crippen MR) is 603 cm³/mol. The van der Waals surface area contributed by atoms with E-state index in [1.54, 1.807) is 0 Å². The molecule has 0 saturated heterocycles. The molecular formula is C137H93N7. The molecule has 0 radical (unpaired) electrons. The number of rotatable bonds is 16. The molecule has 3 aliphatic carbocycles. The van der Waals surface area contributed by atoms with Gasteiger partial charge in [-0.1, -0.05) is 431 Å². The number of anilines is 9. The van der Waals surface area contributed by atoms with Gasteiger partial charge in [-0.25, -0.2) is 4.98 Å². The van der Waals surface area contributed by atoms with Gasteiger partial charge in [-0.05, 0) is 255 Å². The number of hydrogen-bond acceptors (Lipinski definition) is 4. The van der Waals surface area contributed by atoms with Crippen LogP contribution >= 0.6 is 0 Å². The maximum absolute atomic E-state index is 4.94. The van der Waals surface area contributed by atoms with E-state index in [1.165, 1.54) is 172 Å². The van der Waals surface area contributed by atoms with Crippen LogP contribution in [-0.4, -0.2) is 18.7 Å². The van der Waals surface area contributed by atoms with E-state index >= 15 is 0 Å². The molecule has 0 aliphatic heterocycles. The highest BCUT2D eigenvalue weighted by atomic mass is 15.3. The largest absolute Gasteiger partial charge is 0.296 e. The SMILES string of the molecule is c1ccc(-c2ccc(N(c3ccccc3)c3c4c5c(cccc5n3-c3cccc(-c5ccccc5)c3)-c3ccccc3-c3ccccc3-4)cc2)cc1.c1ccc(-c2ccc(N(c3ccccc3)c3c4c5c(cccc5n3-c3ccccc3)-c3ccccc3-c3ccccc3-4)cc2)cc1.c1ccc(-c2ccc(N(c3ccccc3)c3c4c5c(cccc5n3-c3ccccn3)-c3ccccc3-c3ccccc3-4)cc2)cc1. The molecule has 0 unspecified atom stereocenters. The van der Waals surface area contributed by atoms with E-state index < -0.39 is 0 Å². The fraction of sp³-hybridized carbons (Fsp3) is 0. The second-order valence-corrected chi connectivity index (χ2v) is 36.7. The molecule has 25 aromatic rings. The first kappa shape index (κ1) is 85.2. The van der Waals surface area contributed by atoms with Gasteiger partial charge < -0.3 is 0 Å². The highest BCUT2D eigenvalue weighted by Crippen LogP contribution is 2.61. The minimum atomic E-state index is 0.874. The Labute approximate surface area is 837 Å². The maximum atomic E-state index is 4.94. The molecule has 7 heteroatoms. The van der Waals surface area contributed by atoms with Gasteiger partial charge in [-0.15, -0.1) is 0 Å². The lowest BCUT2D eigenvalue weighted by atomic mass is 9.94. The van der Waals surface area contributed by atoms with Crippen molar-refractivity contribution in [3.05, 3.63) is 564 Å². The number of benzene rings is 21. The van der Waals surface area contributed by atoms with Gasteiger partial charge in [0.2, 0.25) is 0 Å². The summed E-state index contributed by atoms with van der Waals surface area (Å²) in [5, 5.41) is 3.74. The Morgan fingerprint density at radius 3 is 0.681 bits per heavy atom. The minimum absolute atomic E-state index is 0.874. The number of fused-ring (bicyclic) bond motifs is 15. The van der Waals surface area contributed by atoms with Crippen molar-refractivity contribution in [2.24, 2.45) is 0 Å². The minimum Gasteiger partial charge on any atom is -0.296 e. The van der Waals surface area contributed by atoms with Crippen LogP contribution in [0.4, 0.5) is 51.6 Å². The topological polar surface area (TPSA) is 37.4 Å². The van der Waals surface area contributed by atoms with Crippen LogP contribution in [0.25, 0.3) is 195 Å². The third-order valence-corrected chi connectivity index (χ3v) is 28.5. The Balaban J connectivity index is 0.000000110. The number of nitrogens with zero attached hydrogens (tertiary/aromatic N) is 7. The van der Waals surface area contributed by atoms with Crippen molar-refractivity contribution in [1.29, 1.82) is 0 Å². The lowest BCUT2D eigenvalue weighted by Crippen LogP contribution is -2.15. The summed E-state index contributed by atoms with van der Waals surface area (Å²) >= 11 is 0. The highest BCUT2D eigenvalue weighted by molar-refractivity contribution is 6.22. The van der Waals surface area contributed by atoms with E-state index in [9.17, 15) is 0 Å². The van der Waals surface area contributed by atoms with Crippen molar-refractivity contribution in [3.63, 3.8) is 0 Å². The van der Waals surface area contributed by atoms with Crippen LogP contribution in [0.1, 0.15) is 0 Å². The normalized spacial score (nSPS) is 11.5. The zero-order valence-corrected chi connectivity index (χ0v) is 78.8. The first-order chi connectivity index (χ1) is 71.6. The van der Waals surface area contributed by atoms with Crippen molar-refractivity contribution in [3.8, 4) is 162 Å². The van der Waals surface area contributed by atoms with Crippen LogP contribution in [0.3, 0.4) is 0 Å². The molecule has 144 heavy (non-hydrogen) atoms. The van der Waals surface area contributed by atoms with Crippen LogP contribution in [0.5, 0.6) is 0 Å². The molecule has 4 aromatic heterocycles. The van der Waals surface area contributed by atoms with Gasteiger partial charge in [-0.3, -0.25) is 28.4 Å². The van der Waals surface area contributed by atoms with Crippen molar-refractivity contribution in [2.45, 2.75) is 0 Å². The lowest BCUT2D eigenvalue weighted by Gasteiger charge is -2.29. The van der Waals surface area contributed by atoms with Crippen LogP contribution in [-0.2, 0) is 0 Å². The van der Waals surface area contributed by atoms with Crippen LogP contribution < -0.4 is 14.7 Å². The van der Waals surface area contributed by atoms with E-state index in [0.717, 1.165) is 74.3 Å². The van der Waals surface area contributed by atoms with Crippen molar-refractivity contribution < 1.29 is 0 Å². The standard InChI is InChI=1S/C50H34N2.C44H30N2.C43H29N3/c1-4-16-35(17-5-1)37-30-32-40(33-31-37)51(39-21-8-3-9-22-39)50-49-46-27-13-12-26-44(46)42-24-10-11-25-43(42)45-28-15-29-47(48(45)49)52(50)41-23-14-20-38(34-41)36-18-6-2-7-19-36;1-4-15-31(16-5-1)32-27-29-35(30-28-32)45(33-17-6-2-7-18-33)44-43-40-24-13-12-23-38(40)36-21-10-11-22-37(36)39-25-14-26-41(42(39)43)46(44)34-19-8-3-9-20-34;1-3-14-30(15-4-1)31-25-27-33(28-26-31)45(32-16-5-2-6-17-32)43-42-38-21-10-9-20-36(38)34-18-7-8-19-35(34)37-22-13-23-39(41(37)42)46(43)40-24-11-12-29-44-40/h1-34H;1-30H;1-29H. The highest BCUT2D eigenvalue weighted by Gasteiger charge is 2.37. The van der Waals surface area contributed by atoms with Gasteiger partial charge >= 0.3 is 0 Å². The Morgan fingerprint density at radius 2 is 0.361 bits per heavy atom. The Bertz CT molecular complexity index is 8720. The molecule has 0 bridgehead atoms. The fourth-order valence-electron chi connectivity index (χ4n) is 22.2. The molecule has 0 fully saturated rings. The molecule has 4 heterocycles. The average molecular weight is 1840 g/mol. The summed E-state index contributed by atoms with van der Waals surface area (Å²) < 4.78 is 7.29. The number of para-hydroxylation sites is 4. The smallest absolute Gasteiger partial charge is 0.138 e. The summed E-state index contributed by atoms with van der Waals surface area (Å²) in [7, 11) is 0. The molecule has 0 N–H and O–H groups in total. The second kappa shape index (κ2) is 36.9. The molecule has 0 atom stereocenters. The van der Waals surface area contributed by atoms with Gasteiger partial charge in [0, 0.05) is 84.5 Å².